The van der Waals surface area contributed by atoms with E-state index >= 15 is 0 Å². The van der Waals surface area contributed by atoms with Crippen LogP contribution in [0.4, 0.5) is 0 Å². The van der Waals surface area contributed by atoms with Crippen molar-refractivity contribution < 1.29 is 0 Å². The number of rotatable bonds is 1. The first-order valence-electron chi connectivity index (χ1n) is 5.42. The molecule has 16 heavy (non-hydrogen) atoms. The van der Waals surface area contributed by atoms with E-state index in [2.05, 4.69) is 39.0 Å². The highest BCUT2D eigenvalue weighted by Crippen LogP contribution is 2.28. The zero-order valence-electron chi connectivity index (χ0n) is 9.84. The number of benzene rings is 2. The van der Waals surface area contributed by atoms with Gasteiger partial charge in [0, 0.05) is 5.02 Å². The quantitative estimate of drug-likeness (QED) is 0.652. The van der Waals surface area contributed by atoms with Crippen molar-refractivity contribution in [2.45, 2.75) is 20.8 Å². The summed E-state index contributed by atoms with van der Waals surface area (Å²) in [6.45, 7) is 6.47. The largest absolute Gasteiger partial charge is 0.0843 e. The zero-order valence-corrected chi connectivity index (χ0v) is 10.6. The van der Waals surface area contributed by atoms with Crippen LogP contribution in [-0.2, 0) is 0 Å². The average Bonchev–Trinajstić information content (AvgIpc) is 2.26. The van der Waals surface area contributed by atoms with Gasteiger partial charge in [-0.25, -0.2) is 0 Å². The third-order valence-electron chi connectivity index (χ3n) is 3.19. The van der Waals surface area contributed by atoms with Crippen LogP contribution in [0, 0.1) is 20.8 Å². The molecular formula is C15H15Cl. The predicted molar refractivity (Wildman–Crippen MR) is 71.1 cm³/mol. The molecule has 1 heteroatoms. The third-order valence-corrected chi connectivity index (χ3v) is 3.43. The van der Waals surface area contributed by atoms with Crippen LogP contribution in [0.25, 0.3) is 11.1 Å². The molecule has 0 saturated carbocycles. The summed E-state index contributed by atoms with van der Waals surface area (Å²) in [4.78, 5) is 0. The molecule has 0 fully saturated rings. The van der Waals surface area contributed by atoms with E-state index in [0.29, 0.717) is 0 Å². The van der Waals surface area contributed by atoms with Gasteiger partial charge in [0.25, 0.3) is 0 Å². The van der Waals surface area contributed by atoms with Gasteiger partial charge in [0.1, 0.15) is 0 Å². The van der Waals surface area contributed by atoms with Crippen LogP contribution in [0.5, 0.6) is 0 Å². The SMILES string of the molecule is Cc1ccc(-c2cccc(Cl)c2)c(C)c1C. The van der Waals surface area contributed by atoms with E-state index in [1.807, 2.05) is 18.2 Å². The van der Waals surface area contributed by atoms with Crippen LogP contribution in [0.3, 0.4) is 0 Å². The van der Waals surface area contributed by atoms with E-state index in [1.54, 1.807) is 0 Å². The lowest BCUT2D eigenvalue weighted by Crippen LogP contribution is -1.90. The van der Waals surface area contributed by atoms with Crippen molar-refractivity contribution in [2.75, 3.05) is 0 Å². The summed E-state index contributed by atoms with van der Waals surface area (Å²) >= 11 is 6.02. The van der Waals surface area contributed by atoms with Crippen LogP contribution >= 0.6 is 11.6 Å². The van der Waals surface area contributed by atoms with Crippen LogP contribution in [0.2, 0.25) is 5.02 Å². The van der Waals surface area contributed by atoms with Crippen LogP contribution in [0.15, 0.2) is 36.4 Å². The lowest BCUT2D eigenvalue weighted by molar-refractivity contribution is 1.27. The summed E-state index contributed by atoms with van der Waals surface area (Å²) in [6, 6.07) is 12.3. The van der Waals surface area contributed by atoms with Gasteiger partial charge in [0.2, 0.25) is 0 Å². The molecule has 0 nitrogen and oxygen atoms in total. The van der Waals surface area contributed by atoms with Crippen molar-refractivity contribution in [1.29, 1.82) is 0 Å². The highest BCUT2D eigenvalue weighted by atomic mass is 35.5. The molecule has 0 heterocycles. The van der Waals surface area contributed by atoms with Crippen molar-refractivity contribution in [3.05, 3.63) is 58.1 Å². The summed E-state index contributed by atoms with van der Waals surface area (Å²) in [5, 5.41) is 0.787. The average molecular weight is 231 g/mol. The van der Waals surface area contributed by atoms with Gasteiger partial charge in [-0.1, -0.05) is 35.9 Å². The second-order valence-electron chi connectivity index (χ2n) is 4.19. The van der Waals surface area contributed by atoms with Crippen molar-refractivity contribution in [2.24, 2.45) is 0 Å². The monoisotopic (exact) mass is 230 g/mol. The van der Waals surface area contributed by atoms with Gasteiger partial charge in [0.15, 0.2) is 0 Å². The summed E-state index contributed by atoms with van der Waals surface area (Å²) in [7, 11) is 0. The van der Waals surface area contributed by atoms with Crippen LogP contribution < -0.4 is 0 Å². The Morgan fingerprint density at radius 2 is 1.62 bits per heavy atom. The Morgan fingerprint density at radius 1 is 0.875 bits per heavy atom. The molecule has 0 bridgehead atoms. The smallest absolute Gasteiger partial charge is 0.0412 e. The number of halogens is 1. The summed E-state index contributed by atoms with van der Waals surface area (Å²) in [5.41, 5.74) is 6.49. The Balaban J connectivity index is 2.61. The normalized spacial score (nSPS) is 10.5. The minimum Gasteiger partial charge on any atom is -0.0843 e. The summed E-state index contributed by atoms with van der Waals surface area (Å²) < 4.78 is 0. The highest BCUT2D eigenvalue weighted by molar-refractivity contribution is 6.30. The second kappa shape index (κ2) is 4.31. The fourth-order valence-corrected chi connectivity index (χ4v) is 2.12. The fourth-order valence-electron chi connectivity index (χ4n) is 1.92. The molecule has 0 amide bonds. The summed E-state index contributed by atoms with van der Waals surface area (Å²) in [6.07, 6.45) is 0. The number of hydrogen-bond acceptors (Lipinski definition) is 0. The van der Waals surface area contributed by atoms with E-state index in [1.165, 1.54) is 27.8 Å². The number of hydrogen-bond donors (Lipinski definition) is 0. The van der Waals surface area contributed by atoms with Crippen LogP contribution in [0.1, 0.15) is 16.7 Å². The molecule has 0 atom stereocenters. The molecule has 2 rings (SSSR count). The molecule has 0 aliphatic rings. The molecule has 0 aromatic heterocycles. The standard InChI is InChI=1S/C15H15Cl/c1-10-7-8-15(12(3)11(10)2)13-5-4-6-14(16)9-13/h4-9H,1-3H3. The molecule has 0 radical (unpaired) electrons. The molecular weight excluding hydrogens is 216 g/mol. The van der Waals surface area contributed by atoms with Gasteiger partial charge in [-0.3, -0.25) is 0 Å². The van der Waals surface area contributed by atoms with Crippen molar-refractivity contribution >= 4 is 11.6 Å². The van der Waals surface area contributed by atoms with Crippen molar-refractivity contribution in [3.63, 3.8) is 0 Å². The Kier molecular flexibility index (Phi) is 3.02. The van der Waals surface area contributed by atoms with E-state index in [-0.39, 0.29) is 0 Å². The molecule has 0 N–H and O–H groups in total. The van der Waals surface area contributed by atoms with Crippen molar-refractivity contribution in [1.82, 2.24) is 0 Å². The first-order chi connectivity index (χ1) is 7.59. The Morgan fingerprint density at radius 3 is 2.31 bits per heavy atom. The Hall–Kier alpha value is -1.27. The Bertz CT molecular complexity index is 527. The second-order valence-corrected chi connectivity index (χ2v) is 4.63. The van der Waals surface area contributed by atoms with E-state index in [4.69, 9.17) is 11.6 Å². The molecule has 0 saturated heterocycles. The van der Waals surface area contributed by atoms with Gasteiger partial charge < -0.3 is 0 Å². The lowest BCUT2D eigenvalue weighted by atomic mass is 9.94. The first-order valence-corrected chi connectivity index (χ1v) is 5.80. The van der Waals surface area contributed by atoms with Gasteiger partial charge >= 0.3 is 0 Å². The fraction of sp³-hybridized carbons (Fsp3) is 0.200. The zero-order chi connectivity index (χ0) is 11.7. The Labute approximate surface area is 102 Å². The van der Waals surface area contributed by atoms with Crippen molar-refractivity contribution in [3.8, 4) is 11.1 Å². The molecule has 0 aliphatic heterocycles. The minimum absolute atomic E-state index is 0.787. The highest BCUT2D eigenvalue weighted by Gasteiger charge is 2.05. The third kappa shape index (κ3) is 1.98. The molecule has 2 aromatic rings. The van der Waals surface area contributed by atoms with E-state index in [0.717, 1.165) is 5.02 Å². The van der Waals surface area contributed by atoms with Gasteiger partial charge in [-0.2, -0.15) is 0 Å². The minimum atomic E-state index is 0.787. The molecule has 0 unspecified atom stereocenters. The van der Waals surface area contributed by atoms with Gasteiger partial charge in [-0.15, -0.1) is 0 Å². The molecule has 82 valence electrons. The maximum absolute atomic E-state index is 6.02. The topological polar surface area (TPSA) is 0 Å². The molecule has 2 aromatic carbocycles. The first kappa shape index (κ1) is 11.2. The summed E-state index contributed by atoms with van der Waals surface area (Å²) in [5.74, 6) is 0. The van der Waals surface area contributed by atoms with Crippen LogP contribution in [-0.4, -0.2) is 0 Å². The predicted octanol–water partition coefficient (Wildman–Crippen LogP) is 4.93. The maximum Gasteiger partial charge on any atom is 0.0412 e. The lowest BCUT2D eigenvalue weighted by Gasteiger charge is -2.11. The maximum atomic E-state index is 6.02. The van der Waals surface area contributed by atoms with Gasteiger partial charge in [0.05, 0.1) is 0 Å². The van der Waals surface area contributed by atoms with Gasteiger partial charge in [-0.05, 0) is 60.7 Å². The number of aryl methyl sites for hydroxylation is 1. The van der Waals surface area contributed by atoms with E-state index < -0.39 is 0 Å². The van der Waals surface area contributed by atoms with E-state index in [9.17, 15) is 0 Å². The molecule has 0 aliphatic carbocycles. The molecule has 0 spiro atoms.